The summed E-state index contributed by atoms with van der Waals surface area (Å²) in [5, 5.41) is 7.20. The second-order valence-corrected chi connectivity index (χ2v) is 5.49. The van der Waals surface area contributed by atoms with Crippen molar-refractivity contribution in [1.29, 1.82) is 0 Å². The summed E-state index contributed by atoms with van der Waals surface area (Å²) in [6.07, 6.45) is -2.94. The number of alkyl halides is 3. The molecule has 1 aliphatic carbocycles. The second kappa shape index (κ2) is 5.52. The number of hydrogen-bond donors (Lipinski definition) is 0. The molecule has 0 radical (unpaired) electrons. The molecule has 0 bridgehead atoms. The lowest BCUT2D eigenvalue weighted by Gasteiger charge is -2.15. The average Bonchev–Trinajstić information content (AvgIpc) is 3.33. The van der Waals surface area contributed by atoms with Crippen molar-refractivity contribution in [1.82, 2.24) is 14.8 Å². The topological polar surface area (TPSA) is 57.0 Å². The maximum Gasteiger partial charge on any atom is 0.416 e. The van der Waals surface area contributed by atoms with Crippen molar-refractivity contribution < 1.29 is 17.9 Å². The molecule has 0 amide bonds. The highest BCUT2D eigenvalue weighted by atomic mass is 35.5. The van der Waals surface area contributed by atoms with Gasteiger partial charge in [0.15, 0.2) is 5.82 Å². The first-order chi connectivity index (χ1) is 10.8. The van der Waals surface area contributed by atoms with Crippen molar-refractivity contribution >= 4 is 11.6 Å². The molecule has 0 atom stereocenters. The number of hydrogen-bond acceptors (Lipinski definition) is 4. The van der Waals surface area contributed by atoms with E-state index in [1.807, 2.05) is 0 Å². The molecular weight excluding hydrogens is 335 g/mol. The molecule has 0 spiro atoms. The molecule has 0 unspecified atom stereocenters. The lowest BCUT2D eigenvalue weighted by atomic mass is 10.1. The van der Waals surface area contributed by atoms with Gasteiger partial charge in [0.1, 0.15) is 5.75 Å². The summed E-state index contributed by atoms with van der Waals surface area (Å²) in [6, 6.07) is 2.93. The van der Waals surface area contributed by atoms with Gasteiger partial charge in [0.05, 0.1) is 18.2 Å². The Hall–Kier alpha value is -2.09. The molecule has 1 aliphatic rings. The normalized spacial score (nSPS) is 14.8. The van der Waals surface area contributed by atoms with Crippen molar-refractivity contribution in [3.63, 3.8) is 0 Å². The van der Waals surface area contributed by atoms with Crippen molar-refractivity contribution in [2.24, 2.45) is 0 Å². The predicted octanol–water partition coefficient (Wildman–Crippen LogP) is 3.32. The first kappa shape index (κ1) is 15.8. The summed E-state index contributed by atoms with van der Waals surface area (Å²) >= 11 is 5.72. The second-order valence-electron chi connectivity index (χ2n) is 5.13. The van der Waals surface area contributed by atoms with E-state index in [4.69, 9.17) is 16.3 Å². The highest BCUT2D eigenvalue weighted by Gasteiger charge is 2.33. The molecule has 23 heavy (non-hydrogen) atoms. The van der Waals surface area contributed by atoms with Gasteiger partial charge in [-0.15, -0.1) is 10.2 Å². The zero-order valence-corrected chi connectivity index (χ0v) is 12.6. The van der Waals surface area contributed by atoms with E-state index in [0.717, 1.165) is 25.0 Å². The van der Waals surface area contributed by atoms with Crippen LogP contribution in [0.15, 0.2) is 23.0 Å². The molecular formula is C14H11ClF3N3O2. The fraction of sp³-hybridized carbons (Fsp3) is 0.357. The third-order valence-electron chi connectivity index (χ3n) is 3.54. The van der Waals surface area contributed by atoms with Crippen LogP contribution in [0.2, 0.25) is 5.15 Å². The Bertz CT molecular complexity index is 816. The van der Waals surface area contributed by atoms with Gasteiger partial charge < -0.3 is 4.74 Å². The third kappa shape index (κ3) is 2.90. The van der Waals surface area contributed by atoms with Crippen LogP contribution < -0.4 is 10.3 Å². The quantitative estimate of drug-likeness (QED) is 0.856. The van der Waals surface area contributed by atoms with Gasteiger partial charge in [-0.2, -0.15) is 13.2 Å². The number of aromatic nitrogens is 3. The molecule has 1 heterocycles. The molecule has 5 nitrogen and oxygen atoms in total. The SMILES string of the molecule is COc1cc(C(F)(F)F)ccc1-c1nnc(Cl)c(=O)n1C1CC1. The lowest BCUT2D eigenvalue weighted by Crippen LogP contribution is -2.24. The van der Waals surface area contributed by atoms with Gasteiger partial charge in [-0.1, -0.05) is 11.6 Å². The maximum atomic E-state index is 12.8. The van der Waals surface area contributed by atoms with Crippen molar-refractivity contribution in [2.45, 2.75) is 25.1 Å². The van der Waals surface area contributed by atoms with E-state index < -0.39 is 17.3 Å². The number of benzene rings is 1. The molecule has 1 saturated carbocycles. The Morgan fingerprint density at radius 3 is 2.57 bits per heavy atom. The Morgan fingerprint density at radius 1 is 1.30 bits per heavy atom. The third-order valence-corrected chi connectivity index (χ3v) is 3.78. The van der Waals surface area contributed by atoms with Crippen LogP contribution in [0.1, 0.15) is 24.4 Å². The largest absolute Gasteiger partial charge is 0.496 e. The van der Waals surface area contributed by atoms with Gasteiger partial charge in [0.2, 0.25) is 5.15 Å². The van der Waals surface area contributed by atoms with Crippen molar-refractivity contribution in [3.8, 4) is 17.1 Å². The molecule has 1 fully saturated rings. The molecule has 0 saturated heterocycles. The minimum atomic E-state index is -4.49. The Labute approximate surface area is 133 Å². The number of methoxy groups -OCH3 is 1. The molecule has 2 aromatic rings. The Balaban J connectivity index is 2.20. The first-order valence-electron chi connectivity index (χ1n) is 6.73. The monoisotopic (exact) mass is 345 g/mol. The predicted molar refractivity (Wildman–Crippen MR) is 76.6 cm³/mol. The summed E-state index contributed by atoms with van der Waals surface area (Å²) < 4.78 is 44.9. The van der Waals surface area contributed by atoms with Crippen LogP contribution in [0.3, 0.4) is 0 Å². The zero-order chi connectivity index (χ0) is 16.8. The Morgan fingerprint density at radius 2 is 2.00 bits per heavy atom. The number of rotatable bonds is 3. The van der Waals surface area contributed by atoms with E-state index in [2.05, 4.69) is 10.2 Å². The van der Waals surface area contributed by atoms with E-state index in [-0.39, 0.29) is 28.3 Å². The van der Waals surface area contributed by atoms with E-state index in [1.54, 1.807) is 0 Å². The highest BCUT2D eigenvalue weighted by molar-refractivity contribution is 6.29. The van der Waals surface area contributed by atoms with Gasteiger partial charge in [0, 0.05) is 6.04 Å². The fourth-order valence-corrected chi connectivity index (χ4v) is 2.41. The maximum absolute atomic E-state index is 12.8. The van der Waals surface area contributed by atoms with Gasteiger partial charge in [-0.25, -0.2) is 0 Å². The molecule has 1 aromatic carbocycles. The molecule has 122 valence electrons. The molecule has 0 aliphatic heterocycles. The van der Waals surface area contributed by atoms with Crippen LogP contribution in [-0.2, 0) is 6.18 Å². The molecule has 3 rings (SSSR count). The minimum Gasteiger partial charge on any atom is -0.496 e. The van der Waals surface area contributed by atoms with Gasteiger partial charge in [-0.05, 0) is 31.0 Å². The summed E-state index contributed by atoms with van der Waals surface area (Å²) in [4.78, 5) is 12.2. The van der Waals surface area contributed by atoms with Gasteiger partial charge >= 0.3 is 6.18 Å². The van der Waals surface area contributed by atoms with Crippen LogP contribution in [0.5, 0.6) is 5.75 Å². The van der Waals surface area contributed by atoms with E-state index >= 15 is 0 Å². The van der Waals surface area contributed by atoms with Crippen molar-refractivity contribution in [2.75, 3.05) is 7.11 Å². The van der Waals surface area contributed by atoms with Crippen LogP contribution in [0.25, 0.3) is 11.4 Å². The van der Waals surface area contributed by atoms with Crippen LogP contribution in [0, 0.1) is 0 Å². The summed E-state index contributed by atoms with van der Waals surface area (Å²) in [6.45, 7) is 0. The number of halogens is 4. The summed E-state index contributed by atoms with van der Waals surface area (Å²) in [5.74, 6) is 0.109. The minimum absolute atomic E-state index is 0.0368. The van der Waals surface area contributed by atoms with Crippen LogP contribution >= 0.6 is 11.6 Å². The molecule has 0 N–H and O–H groups in total. The molecule has 1 aromatic heterocycles. The highest BCUT2D eigenvalue weighted by Crippen LogP contribution is 2.40. The van der Waals surface area contributed by atoms with Gasteiger partial charge in [0.25, 0.3) is 5.56 Å². The lowest BCUT2D eigenvalue weighted by molar-refractivity contribution is -0.137. The van der Waals surface area contributed by atoms with E-state index in [0.29, 0.717) is 0 Å². The zero-order valence-electron chi connectivity index (χ0n) is 11.9. The van der Waals surface area contributed by atoms with E-state index in [9.17, 15) is 18.0 Å². The van der Waals surface area contributed by atoms with Crippen LogP contribution in [0.4, 0.5) is 13.2 Å². The van der Waals surface area contributed by atoms with Crippen LogP contribution in [-0.4, -0.2) is 21.9 Å². The number of ether oxygens (including phenoxy) is 1. The standard InChI is InChI=1S/C14H11ClF3N3O2/c1-23-10-6-7(14(16,17)18)2-5-9(10)12-20-19-11(15)13(22)21(12)8-3-4-8/h2,5-6,8H,3-4H2,1H3. The van der Waals surface area contributed by atoms with Crippen molar-refractivity contribution in [3.05, 3.63) is 39.3 Å². The first-order valence-corrected chi connectivity index (χ1v) is 7.11. The summed E-state index contributed by atoms with van der Waals surface area (Å²) in [5.41, 5.74) is -1.10. The average molecular weight is 346 g/mol. The number of nitrogens with zero attached hydrogens (tertiary/aromatic N) is 3. The fourth-order valence-electron chi connectivity index (χ4n) is 2.29. The van der Waals surface area contributed by atoms with Gasteiger partial charge in [-0.3, -0.25) is 9.36 Å². The van der Waals surface area contributed by atoms with E-state index in [1.165, 1.54) is 17.7 Å². The Kier molecular flexibility index (Phi) is 3.79. The smallest absolute Gasteiger partial charge is 0.416 e. The summed E-state index contributed by atoms with van der Waals surface area (Å²) in [7, 11) is 1.25. The molecule has 9 heteroatoms.